The summed E-state index contributed by atoms with van der Waals surface area (Å²) in [6.45, 7) is 4.00. The van der Waals surface area contributed by atoms with Crippen molar-refractivity contribution >= 4 is 11.6 Å². The quantitative estimate of drug-likeness (QED) is 0.800. The largest absolute Gasteiger partial charge is 0.326 e. The Morgan fingerprint density at radius 3 is 2.76 bits per heavy atom. The maximum atomic E-state index is 12.7. The Bertz CT molecular complexity index is 847. The Hall–Kier alpha value is -2.47. The molecule has 1 saturated carbocycles. The highest BCUT2D eigenvalue weighted by Gasteiger charge is 2.57. The van der Waals surface area contributed by atoms with E-state index < -0.39 is 0 Å². The molecule has 1 atom stereocenters. The lowest BCUT2D eigenvalue weighted by atomic mass is 9.91. The van der Waals surface area contributed by atoms with Crippen molar-refractivity contribution in [1.29, 1.82) is 0 Å². The maximum Gasteiger partial charge on any atom is 0.264 e. The van der Waals surface area contributed by atoms with Crippen LogP contribution < -0.4 is 16.2 Å². The van der Waals surface area contributed by atoms with E-state index in [1.807, 2.05) is 25.1 Å². The molecule has 130 valence electrons. The first-order chi connectivity index (χ1) is 12.1. The number of hydrogen-bond acceptors (Lipinski definition) is 4. The van der Waals surface area contributed by atoms with Gasteiger partial charge in [0.05, 0.1) is 5.69 Å². The normalized spacial score (nSPS) is 21.1. The molecular weight excluding hydrogens is 316 g/mol. The van der Waals surface area contributed by atoms with Crippen LogP contribution in [0.25, 0.3) is 11.3 Å². The van der Waals surface area contributed by atoms with Gasteiger partial charge in [-0.15, -0.1) is 0 Å². The number of nitrogens with zero attached hydrogens (tertiary/aromatic N) is 1. The SMILES string of the molecule is Cc1ccc(-c2ccc(=O)[nH]n2)cc1NC(=O)C1CC12CCNCC2. The van der Waals surface area contributed by atoms with Crippen molar-refractivity contribution in [2.24, 2.45) is 11.3 Å². The molecule has 4 rings (SSSR count). The van der Waals surface area contributed by atoms with Crippen molar-refractivity contribution in [2.45, 2.75) is 26.2 Å². The molecule has 1 aliphatic carbocycles. The molecule has 2 aromatic rings. The number of benzene rings is 1. The summed E-state index contributed by atoms with van der Waals surface area (Å²) in [7, 11) is 0. The minimum Gasteiger partial charge on any atom is -0.326 e. The van der Waals surface area contributed by atoms with Crippen LogP contribution >= 0.6 is 0 Å². The van der Waals surface area contributed by atoms with E-state index in [4.69, 9.17) is 0 Å². The average Bonchev–Trinajstić information content (AvgIpc) is 3.31. The number of aryl methyl sites for hydroxylation is 1. The summed E-state index contributed by atoms with van der Waals surface area (Å²) in [5.74, 6) is 0.250. The zero-order valence-electron chi connectivity index (χ0n) is 14.3. The lowest BCUT2D eigenvalue weighted by Gasteiger charge is -2.23. The molecule has 2 heterocycles. The number of rotatable bonds is 3. The number of anilines is 1. The zero-order chi connectivity index (χ0) is 17.4. The lowest BCUT2D eigenvalue weighted by molar-refractivity contribution is -0.118. The van der Waals surface area contributed by atoms with Gasteiger partial charge in [-0.25, -0.2) is 5.10 Å². The van der Waals surface area contributed by atoms with Gasteiger partial charge in [-0.2, -0.15) is 5.10 Å². The van der Waals surface area contributed by atoms with Crippen LogP contribution in [0, 0.1) is 18.3 Å². The molecule has 2 aliphatic rings. The van der Waals surface area contributed by atoms with Gasteiger partial charge in [0, 0.05) is 23.2 Å². The van der Waals surface area contributed by atoms with Gasteiger partial charge in [-0.05, 0) is 62.4 Å². The Morgan fingerprint density at radius 2 is 2.04 bits per heavy atom. The van der Waals surface area contributed by atoms with E-state index in [1.165, 1.54) is 6.07 Å². The molecule has 1 spiro atoms. The number of amides is 1. The van der Waals surface area contributed by atoms with Gasteiger partial charge in [0.15, 0.2) is 0 Å². The van der Waals surface area contributed by atoms with Crippen molar-refractivity contribution in [2.75, 3.05) is 18.4 Å². The van der Waals surface area contributed by atoms with Crippen LogP contribution in [0.5, 0.6) is 0 Å². The molecule has 1 aromatic carbocycles. The molecule has 0 bridgehead atoms. The highest BCUT2D eigenvalue weighted by Crippen LogP contribution is 2.58. The lowest BCUT2D eigenvalue weighted by Crippen LogP contribution is -2.31. The summed E-state index contributed by atoms with van der Waals surface area (Å²) in [6, 6.07) is 8.96. The van der Waals surface area contributed by atoms with Crippen molar-refractivity contribution in [3.05, 3.63) is 46.2 Å². The molecule has 2 fully saturated rings. The van der Waals surface area contributed by atoms with Gasteiger partial charge in [-0.3, -0.25) is 9.59 Å². The number of aromatic amines is 1. The van der Waals surface area contributed by atoms with E-state index in [1.54, 1.807) is 6.07 Å². The Morgan fingerprint density at radius 1 is 1.24 bits per heavy atom. The molecule has 1 unspecified atom stereocenters. The molecule has 3 N–H and O–H groups in total. The second-order valence-corrected chi connectivity index (χ2v) is 7.19. The smallest absolute Gasteiger partial charge is 0.264 e. The summed E-state index contributed by atoms with van der Waals surface area (Å²) >= 11 is 0. The molecule has 1 saturated heterocycles. The van der Waals surface area contributed by atoms with Crippen LogP contribution in [0.3, 0.4) is 0 Å². The zero-order valence-corrected chi connectivity index (χ0v) is 14.3. The fourth-order valence-electron chi connectivity index (χ4n) is 3.84. The summed E-state index contributed by atoms with van der Waals surface area (Å²) in [5, 5.41) is 13.0. The first kappa shape index (κ1) is 16.0. The number of H-pyrrole nitrogens is 1. The van der Waals surface area contributed by atoms with Crippen molar-refractivity contribution < 1.29 is 4.79 Å². The molecule has 1 aromatic heterocycles. The first-order valence-corrected chi connectivity index (χ1v) is 8.76. The van der Waals surface area contributed by atoms with Crippen molar-refractivity contribution in [3.63, 3.8) is 0 Å². The monoisotopic (exact) mass is 338 g/mol. The third kappa shape index (κ3) is 3.09. The minimum atomic E-state index is -0.231. The standard InChI is InChI=1S/C19H22N4O2/c1-12-2-3-13(15-4-5-17(24)23-22-15)10-16(12)21-18(25)14-11-19(14)6-8-20-9-7-19/h2-5,10,14,20H,6-9,11H2,1H3,(H,21,25)(H,23,24). The van der Waals surface area contributed by atoms with Crippen LogP contribution in [0.4, 0.5) is 5.69 Å². The summed E-state index contributed by atoms with van der Waals surface area (Å²) in [6.07, 6.45) is 3.18. The Kier molecular flexibility index (Phi) is 3.92. The highest BCUT2D eigenvalue weighted by molar-refractivity contribution is 5.96. The predicted octanol–water partition coefficient (Wildman–Crippen LogP) is 2.07. The predicted molar refractivity (Wildman–Crippen MR) is 96.3 cm³/mol. The number of nitrogens with one attached hydrogen (secondary N) is 3. The third-order valence-corrected chi connectivity index (χ3v) is 5.58. The van der Waals surface area contributed by atoms with E-state index in [9.17, 15) is 9.59 Å². The highest BCUT2D eigenvalue weighted by atomic mass is 16.2. The number of carbonyl (C=O) groups is 1. The van der Waals surface area contributed by atoms with Crippen molar-refractivity contribution in [3.8, 4) is 11.3 Å². The van der Waals surface area contributed by atoms with Gasteiger partial charge < -0.3 is 10.6 Å². The Balaban J connectivity index is 1.52. The molecule has 25 heavy (non-hydrogen) atoms. The topological polar surface area (TPSA) is 86.9 Å². The summed E-state index contributed by atoms with van der Waals surface area (Å²) in [5.41, 5.74) is 3.36. The van der Waals surface area contributed by atoms with Gasteiger partial charge >= 0.3 is 0 Å². The fraction of sp³-hybridized carbons (Fsp3) is 0.421. The van der Waals surface area contributed by atoms with E-state index in [0.717, 1.165) is 49.2 Å². The van der Waals surface area contributed by atoms with Crippen LogP contribution in [0.1, 0.15) is 24.8 Å². The van der Waals surface area contributed by atoms with Gasteiger partial charge in [0.1, 0.15) is 0 Å². The van der Waals surface area contributed by atoms with E-state index >= 15 is 0 Å². The fourth-order valence-corrected chi connectivity index (χ4v) is 3.84. The number of piperidine rings is 1. The minimum absolute atomic E-state index is 0.122. The first-order valence-electron chi connectivity index (χ1n) is 8.76. The van der Waals surface area contributed by atoms with Crippen LogP contribution in [-0.4, -0.2) is 29.2 Å². The van der Waals surface area contributed by atoms with Crippen molar-refractivity contribution in [1.82, 2.24) is 15.5 Å². The summed E-state index contributed by atoms with van der Waals surface area (Å²) < 4.78 is 0. The van der Waals surface area contributed by atoms with Crippen LogP contribution in [0.15, 0.2) is 35.1 Å². The molecule has 0 radical (unpaired) electrons. The average molecular weight is 338 g/mol. The van der Waals surface area contributed by atoms with Gasteiger partial charge in [0.25, 0.3) is 5.56 Å². The molecule has 6 heteroatoms. The van der Waals surface area contributed by atoms with Gasteiger partial charge in [0.2, 0.25) is 5.91 Å². The van der Waals surface area contributed by atoms with E-state index in [-0.39, 0.29) is 22.8 Å². The number of aromatic nitrogens is 2. The second-order valence-electron chi connectivity index (χ2n) is 7.19. The number of carbonyl (C=O) groups excluding carboxylic acids is 1. The van der Waals surface area contributed by atoms with E-state index in [2.05, 4.69) is 20.8 Å². The molecular formula is C19H22N4O2. The molecule has 6 nitrogen and oxygen atoms in total. The number of hydrogen-bond donors (Lipinski definition) is 3. The summed E-state index contributed by atoms with van der Waals surface area (Å²) in [4.78, 5) is 23.9. The van der Waals surface area contributed by atoms with Gasteiger partial charge in [-0.1, -0.05) is 12.1 Å². The van der Waals surface area contributed by atoms with E-state index in [0.29, 0.717) is 5.69 Å². The Labute approximate surface area is 146 Å². The maximum absolute atomic E-state index is 12.7. The molecule has 1 aliphatic heterocycles. The second kappa shape index (κ2) is 6.11. The van der Waals surface area contributed by atoms with Crippen LogP contribution in [-0.2, 0) is 4.79 Å². The van der Waals surface area contributed by atoms with Crippen LogP contribution in [0.2, 0.25) is 0 Å². The third-order valence-electron chi connectivity index (χ3n) is 5.58. The molecule has 1 amide bonds.